The van der Waals surface area contributed by atoms with Crippen molar-refractivity contribution >= 4 is 26.7 Å². The van der Waals surface area contributed by atoms with Gasteiger partial charge in [0, 0.05) is 20.1 Å². The Morgan fingerprint density at radius 1 is 1.05 bits per heavy atom. The smallest absolute Gasteiger partial charge is 0.247 e. The van der Waals surface area contributed by atoms with E-state index >= 15 is 0 Å². The molecule has 1 atom stereocenters. The lowest BCUT2D eigenvalue weighted by molar-refractivity contribution is -0.139. The van der Waals surface area contributed by atoms with E-state index in [1.165, 1.54) is 4.31 Å². The minimum Gasteiger partial charge on any atom is -0.374 e. The number of nitrogens with one attached hydrogen (secondary N) is 1. The number of benzene rings is 2. The Balaban J connectivity index is 1.69. The van der Waals surface area contributed by atoms with E-state index in [2.05, 4.69) is 5.32 Å². The predicted octanol–water partition coefficient (Wildman–Crippen LogP) is 3.66. The second kappa shape index (κ2) is 13.1. The molecule has 0 aromatic heterocycles. The van der Waals surface area contributed by atoms with Gasteiger partial charge < -0.3 is 20.7 Å². The van der Waals surface area contributed by atoms with Crippen molar-refractivity contribution in [3.63, 3.8) is 0 Å². The summed E-state index contributed by atoms with van der Waals surface area (Å²) in [6.07, 6.45) is 4.25. The molecule has 2 aliphatic rings. The zero-order valence-corrected chi connectivity index (χ0v) is 26.0. The number of ether oxygens (including phenoxy) is 1. The number of hydrogen-bond donors (Lipinski definition) is 2. The zero-order valence-electron chi connectivity index (χ0n) is 25.1. The van der Waals surface area contributed by atoms with E-state index in [0.29, 0.717) is 24.9 Å². The van der Waals surface area contributed by atoms with Crippen LogP contribution in [-0.2, 0) is 31.0 Å². The maximum Gasteiger partial charge on any atom is 0.247 e. The lowest BCUT2D eigenvalue weighted by Gasteiger charge is -2.42. The Labute approximate surface area is 250 Å². The number of likely N-dealkylation sites (N-methyl/N-ethyl adjacent to an activating group) is 2. The van der Waals surface area contributed by atoms with E-state index in [0.717, 1.165) is 30.4 Å². The molecule has 1 heterocycles. The minimum absolute atomic E-state index is 0.0556. The normalized spacial score (nSPS) is 19.1. The van der Waals surface area contributed by atoms with Crippen molar-refractivity contribution in [3.05, 3.63) is 77.4 Å². The Hall–Kier alpha value is -3.05. The standard InChI is InChI=1S/C32H44N4O5S/c1-5-36(29(37)27(34-30(38)31(2,3)33)23-41-22-24-15-9-6-10-16-24)21-26-28(25-17-11-7-12-18-25)42(39,40)35(4)32(26)19-13-8-14-20-32/h6-7,9-12,15-18,27H,5,8,13-14,19-23,33H2,1-4H3,(H,34,38)/t27-/m1/s1. The highest BCUT2D eigenvalue weighted by atomic mass is 32.2. The van der Waals surface area contributed by atoms with Gasteiger partial charge >= 0.3 is 0 Å². The van der Waals surface area contributed by atoms with E-state index in [-0.39, 0.29) is 30.6 Å². The molecule has 4 rings (SSSR count). The summed E-state index contributed by atoms with van der Waals surface area (Å²) in [4.78, 5) is 29.0. The van der Waals surface area contributed by atoms with Gasteiger partial charge in [-0.25, -0.2) is 8.42 Å². The number of nitrogens with zero attached hydrogens (tertiary/aromatic N) is 2. The van der Waals surface area contributed by atoms with Gasteiger partial charge in [0.25, 0.3) is 0 Å². The Morgan fingerprint density at radius 2 is 1.64 bits per heavy atom. The third kappa shape index (κ3) is 6.62. The summed E-state index contributed by atoms with van der Waals surface area (Å²) in [6, 6.07) is 17.7. The van der Waals surface area contributed by atoms with Gasteiger partial charge in [0.05, 0.1) is 29.2 Å². The van der Waals surface area contributed by atoms with E-state index in [1.807, 2.05) is 67.6 Å². The summed E-state index contributed by atoms with van der Waals surface area (Å²) in [6.45, 7) is 5.68. The van der Waals surface area contributed by atoms with Crippen LogP contribution in [0.1, 0.15) is 64.0 Å². The minimum atomic E-state index is -3.79. The molecule has 1 aliphatic carbocycles. The van der Waals surface area contributed by atoms with E-state index in [9.17, 15) is 18.0 Å². The van der Waals surface area contributed by atoms with E-state index < -0.39 is 33.1 Å². The quantitative estimate of drug-likeness (QED) is 0.408. The molecule has 1 aliphatic heterocycles. The average molecular weight is 597 g/mol. The Morgan fingerprint density at radius 3 is 2.21 bits per heavy atom. The van der Waals surface area contributed by atoms with Crippen LogP contribution in [0.2, 0.25) is 0 Å². The highest BCUT2D eigenvalue weighted by Gasteiger charge is 2.54. The number of carbonyl (C=O) groups is 2. The van der Waals surface area contributed by atoms with Crippen LogP contribution in [0.3, 0.4) is 0 Å². The Bertz CT molecular complexity index is 1380. The summed E-state index contributed by atoms with van der Waals surface area (Å²) < 4.78 is 35.4. The summed E-state index contributed by atoms with van der Waals surface area (Å²) in [7, 11) is -2.13. The van der Waals surface area contributed by atoms with E-state index in [4.69, 9.17) is 10.5 Å². The molecule has 3 N–H and O–H groups in total. The van der Waals surface area contributed by atoms with Crippen molar-refractivity contribution in [1.29, 1.82) is 0 Å². The molecular formula is C32H44N4O5S. The number of nitrogens with two attached hydrogens (primary N) is 1. The molecule has 0 bridgehead atoms. The van der Waals surface area contributed by atoms with Gasteiger partial charge in [-0.15, -0.1) is 0 Å². The molecule has 1 saturated carbocycles. The first-order chi connectivity index (χ1) is 19.9. The molecule has 10 heteroatoms. The zero-order chi connectivity index (χ0) is 30.5. The number of sulfonamides is 1. The first kappa shape index (κ1) is 31.9. The topological polar surface area (TPSA) is 122 Å². The van der Waals surface area contributed by atoms with Crippen molar-refractivity contribution in [2.75, 3.05) is 26.7 Å². The van der Waals surface area contributed by atoms with Gasteiger partial charge in [-0.05, 0) is 50.3 Å². The second-order valence-electron chi connectivity index (χ2n) is 11.8. The highest BCUT2D eigenvalue weighted by molar-refractivity contribution is 7.98. The van der Waals surface area contributed by atoms with Gasteiger partial charge in [-0.1, -0.05) is 79.9 Å². The maximum atomic E-state index is 14.1. The first-order valence-electron chi connectivity index (χ1n) is 14.7. The van der Waals surface area contributed by atoms with Crippen molar-refractivity contribution in [2.24, 2.45) is 5.73 Å². The van der Waals surface area contributed by atoms with Crippen LogP contribution < -0.4 is 11.1 Å². The third-order valence-corrected chi connectivity index (χ3v) is 10.5. The number of carbonyl (C=O) groups excluding carboxylic acids is 2. The van der Waals surface area contributed by atoms with Crippen molar-refractivity contribution in [1.82, 2.24) is 14.5 Å². The average Bonchev–Trinajstić information content (AvgIpc) is 3.13. The maximum absolute atomic E-state index is 14.1. The molecule has 228 valence electrons. The molecule has 1 spiro atoms. The van der Waals surface area contributed by atoms with Crippen LogP contribution >= 0.6 is 0 Å². The second-order valence-corrected chi connectivity index (χ2v) is 13.7. The van der Waals surface area contributed by atoms with Gasteiger partial charge in [0.15, 0.2) is 0 Å². The molecule has 9 nitrogen and oxygen atoms in total. The third-order valence-electron chi connectivity index (χ3n) is 8.40. The van der Waals surface area contributed by atoms with E-state index in [1.54, 1.807) is 25.8 Å². The van der Waals surface area contributed by atoms with Crippen molar-refractivity contribution in [2.45, 2.75) is 76.6 Å². The first-order valence-corrected chi connectivity index (χ1v) is 16.1. The Kier molecular flexibility index (Phi) is 9.92. The molecule has 1 fully saturated rings. The molecule has 2 aromatic carbocycles. The number of rotatable bonds is 11. The predicted molar refractivity (Wildman–Crippen MR) is 164 cm³/mol. The lowest BCUT2D eigenvalue weighted by atomic mass is 9.75. The molecule has 2 amide bonds. The lowest BCUT2D eigenvalue weighted by Crippen LogP contribution is -2.58. The molecule has 0 radical (unpaired) electrons. The molecule has 0 unspecified atom stereocenters. The summed E-state index contributed by atoms with van der Waals surface area (Å²) in [5.74, 6) is -0.822. The molecule has 0 saturated heterocycles. The van der Waals surface area contributed by atoms with Gasteiger partial charge in [0.2, 0.25) is 21.8 Å². The van der Waals surface area contributed by atoms with Crippen LogP contribution in [0.4, 0.5) is 0 Å². The van der Waals surface area contributed by atoms with Crippen LogP contribution in [0.15, 0.2) is 66.2 Å². The van der Waals surface area contributed by atoms with Crippen molar-refractivity contribution < 1.29 is 22.7 Å². The van der Waals surface area contributed by atoms with Gasteiger partial charge in [-0.2, -0.15) is 4.31 Å². The largest absolute Gasteiger partial charge is 0.374 e. The fourth-order valence-corrected chi connectivity index (χ4v) is 7.98. The van der Waals surface area contributed by atoms with Crippen molar-refractivity contribution in [3.8, 4) is 0 Å². The monoisotopic (exact) mass is 596 g/mol. The summed E-state index contributed by atoms with van der Waals surface area (Å²) >= 11 is 0. The molecule has 2 aromatic rings. The summed E-state index contributed by atoms with van der Waals surface area (Å²) in [5.41, 5.74) is 6.45. The fourth-order valence-electron chi connectivity index (χ4n) is 5.95. The van der Waals surface area contributed by atoms with Gasteiger partial charge in [-0.3, -0.25) is 9.59 Å². The van der Waals surface area contributed by atoms with Crippen LogP contribution in [0, 0.1) is 0 Å². The van der Waals surface area contributed by atoms with Crippen LogP contribution in [0.5, 0.6) is 0 Å². The molecule has 42 heavy (non-hydrogen) atoms. The summed E-state index contributed by atoms with van der Waals surface area (Å²) in [5, 5.41) is 2.80. The van der Waals surface area contributed by atoms with Crippen LogP contribution in [-0.4, -0.2) is 73.3 Å². The number of hydrogen-bond acceptors (Lipinski definition) is 6. The molecular weight excluding hydrogens is 552 g/mol. The SMILES string of the molecule is CCN(CC1=C(c2ccccc2)S(=O)(=O)N(C)C12CCCCC2)C(=O)[C@@H](COCc1ccccc1)NC(=O)C(C)(C)N. The van der Waals surface area contributed by atoms with Gasteiger partial charge in [0.1, 0.15) is 6.04 Å². The van der Waals surface area contributed by atoms with Crippen LogP contribution in [0.25, 0.3) is 4.91 Å². The number of amides is 2. The fraction of sp³-hybridized carbons (Fsp3) is 0.500. The highest BCUT2D eigenvalue weighted by Crippen LogP contribution is 2.51.